The molecular formula is C25H19F5N6O2. The van der Waals surface area contributed by atoms with Gasteiger partial charge in [0.25, 0.3) is 12.0 Å². The molecule has 0 radical (unpaired) electrons. The summed E-state index contributed by atoms with van der Waals surface area (Å²) < 4.78 is 69.3. The number of anilines is 1. The molecule has 196 valence electrons. The zero-order chi connectivity index (χ0) is 27.6. The number of hydrogen-bond donors (Lipinski definition) is 0. The first-order chi connectivity index (χ1) is 18.2. The van der Waals surface area contributed by atoms with Crippen molar-refractivity contribution in [2.45, 2.75) is 32.2 Å². The van der Waals surface area contributed by atoms with E-state index in [2.05, 4.69) is 4.98 Å². The summed E-state index contributed by atoms with van der Waals surface area (Å²) in [6, 6.07) is 7.48. The summed E-state index contributed by atoms with van der Waals surface area (Å²) in [4.78, 5) is 32.8. The predicted molar refractivity (Wildman–Crippen MR) is 126 cm³/mol. The molecule has 3 heterocycles. The van der Waals surface area contributed by atoms with Crippen LogP contribution in [-0.2, 0) is 6.54 Å². The van der Waals surface area contributed by atoms with Crippen LogP contribution in [0.15, 0.2) is 46.2 Å². The van der Waals surface area contributed by atoms with Gasteiger partial charge in [-0.05, 0) is 36.6 Å². The van der Waals surface area contributed by atoms with Gasteiger partial charge in [-0.15, -0.1) is 0 Å². The third-order valence-corrected chi connectivity index (χ3v) is 6.37. The van der Waals surface area contributed by atoms with Gasteiger partial charge in [-0.3, -0.25) is 14.3 Å². The Bertz CT molecular complexity index is 1560. The summed E-state index contributed by atoms with van der Waals surface area (Å²) in [6.45, 7) is -0.597. The minimum Gasteiger partial charge on any atom is -0.357 e. The highest BCUT2D eigenvalue weighted by molar-refractivity contribution is 5.76. The first-order valence-corrected chi connectivity index (χ1v) is 11.4. The monoisotopic (exact) mass is 530 g/mol. The topological polar surface area (TPSA) is 108 Å². The lowest BCUT2D eigenvalue weighted by Gasteiger charge is -2.35. The fourth-order valence-corrected chi connectivity index (χ4v) is 4.50. The Hall–Kier alpha value is -4.52. The smallest absolute Gasteiger partial charge is 0.338 e. The number of alkyl halides is 4. The molecule has 3 aromatic rings. The molecule has 38 heavy (non-hydrogen) atoms. The maximum Gasteiger partial charge on any atom is 0.338 e. The molecule has 0 unspecified atom stereocenters. The Labute approximate surface area is 212 Å². The Morgan fingerprint density at radius 2 is 1.76 bits per heavy atom. The standard InChI is InChI=1S/C25H19F5N6O2/c26-19-2-1-16(10-18(19)22(29)30)20-23(34-6-3-15(4-7-34)21(27)28)35(8-5-31)25(38)36(24(20)37)17-9-14(11-32)12-33-13-17/h1-2,9-10,12-13,15,21-22H,3-4,6-8H2. The van der Waals surface area contributed by atoms with Crippen molar-refractivity contribution < 1.29 is 22.0 Å². The molecule has 0 N–H and O–H groups in total. The summed E-state index contributed by atoms with van der Waals surface area (Å²) in [5, 5.41) is 18.7. The van der Waals surface area contributed by atoms with Crippen LogP contribution in [0.25, 0.3) is 16.8 Å². The number of pyridine rings is 1. The number of rotatable bonds is 6. The Morgan fingerprint density at radius 1 is 1.05 bits per heavy atom. The van der Waals surface area contributed by atoms with Gasteiger partial charge in [0.15, 0.2) is 0 Å². The summed E-state index contributed by atoms with van der Waals surface area (Å²) in [5.74, 6) is -2.25. The normalized spacial score (nSPS) is 14.1. The van der Waals surface area contributed by atoms with Gasteiger partial charge in [-0.1, -0.05) is 6.07 Å². The van der Waals surface area contributed by atoms with E-state index in [1.54, 1.807) is 0 Å². The van der Waals surface area contributed by atoms with E-state index < -0.39 is 47.9 Å². The van der Waals surface area contributed by atoms with Crippen LogP contribution in [0.2, 0.25) is 0 Å². The number of halogens is 5. The quantitative estimate of drug-likeness (QED) is 0.446. The molecule has 0 saturated carbocycles. The highest BCUT2D eigenvalue weighted by atomic mass is 19.3. The maximum atomic E-state index is 14.1. The molecule has 1 aliphatic heterocycles. The van der Waals surface area contributed by atoms with E-state index in [0.717, 1.165) is 29.0 Å². The van der Waals surface area contributed by atoms with Gasteiger partial charge in [0.05, 0.1) is 34.6 Å². The van der Waals surface area contributed by atoms with Crippen molar-refractivity contribution in [3.05, 3.63) is 74.4 Å². The molecule has 4 rings (SSSR count). The van der Waals surface area contributed by atoms with Crippen molar-refractivity contribution in [3.8, 4) is 29.0 Å². The molecular weight excluding hydrogens is 511 g/mol. The molecule has 13 heteroatoms. The number of nitriles is 2. The van der Waals surface area contributed by atoms with Gasteiger partial charge in [0.2, 0.25) is 6.43 Å². The molecule has 1 saturated heterocycles. The molecule has 0 spiro atoms. The van der Waals surface area contributed by atoms with Gasteiger partial charge in [0.1, 0.15) is 24.2 Å². The van der Waals surface area contributed by atoms with Crippen LogP contribution in [0.4, 0.5) is 27.8 Å². The van der Waals surface area contributed by atoms with Crippen molar-refractivity contribution in [2.24, 2.45) is 5.92 Å². The van der Waals surface area contributed by atoms with Crippen LogP contribution in [0.3, 0.4) is 0 Å². The average Bonchev–Trinajstić information content (AvgIpc) is 2.90. The maximum absolute atomic E-state index is 14.1. The second kappa shape index (κ2) is 10.8. The van der Waals surface area contributed by atoms with Crippen molar-refractivity contribution in [2.75, 3.05) is 18.0 Å². The fourth-order valence-electron chi connectivity index (χ4n) is 4.50. The average molecular weight is 530 g/mol. The second-order valence-corrected chi connectivity index (χ2v) is 8.61. The van der Waals surface area contributed by atoms with Gasteiger partial charge in [0, 0.05) is 25.2 Å². The number of piperidine rings is 1. The number of benzene rings is 1. The van der Waals surface area contributed by atoms with Crippen molar-refractivity contribution in [1.29, 1.82) is 10.5 Å². The molecule has 0 amide bonds. The van der Waals surface area contributed by atoms with Crippen molar-refractivity contribution >= 4 is 5.82 Å². The van der Waals surface area contributed by atoms with Crippen LogP contribution in [0, 0.1) is 34.4 Å². The Kier molecular flexibility index (Phi) is 7.57. The zero-order valence-electron chi connectivity index (χ0n) is 19.6. The van der Waals surface area contributed by atoms with E-state index in [-0.39, 0.29) is 54.1 Å². The second-order valence-electron chi connectivity index (χ2n) is 8.61. The van der Waals surface area contributed by atoms with E-state index in [9.17, 15) is 42.1 Å². The van der Waals surface area contributed by atoms with Gasteiger partial charge >= 0.3 is 5.69 Å². The largest absolute Gasteiger partial charge is 0.357 e. The van der Waals surface area contributed by atoms with E-state index >= 15 is 0 Å². The Balaban J connectivity index is 2.07. The molecule has 0 bridgehead atoms. The SMILES string of the molecule is N#CCn1c(N2CCC(C(F)F)CC2)c(-c2ccc(F)c(C(F)F)c2)c(=O)n(-c2cncc(C#N)c2)c1=O. The first-order valence-electron chi connectivity index (χ1n) is 11.4. The number of aromatic nitrogens is 3. The molecule has 1 aromatic carbocycles. The van der Waals surface area contributed by atoms with Crippen molar-refractivity contribution in [3.63, 3.8) is 0 Å². The Morgan fingerprint density at radius 3 is 2.37 bits per heavy atom. The summed E-state index contributed by atoms with van der Waals surface area (Å²) in [5.41, 5.74) is -3.55. The van der Waals surface area contributed by atoms with E-state index in [1.807, 2.05) is 12.1 Å². The molecule has 8 nitrogen and oxygen atoms in total. The third kappa shape index (κ3) is 4.87. The molecule has 1 aliphatic rings. The molecule has 0 atom stereocenters. The number of nitrogens with zero attached hydrogens (tertiary/aromatic N) is 6. The minimum absolute atomic E-state index is 0.00923. The van der Waals surface area contributed by atoms with Crippen LogP contribution >= 0.6 is 0 Å². The predicted octanol–water partition coefficient (Wildman–Crippen LogP) is 4.01. The van der Waals surface area contributed by atoms with E-state index in [4.69, 9.17) is 0 Å². The lowest BCUT2D eigenvalue weighted by Crippen LogP contribution is -2.46. The fraction of sp³-hybridized carbons (Fsp3) is 0.320. The van der Waals surface area contributed by atoms with Crippen LogP contribution in [0.5, 0.6) is 0 Å². The van der Waals surface area contributed by atoms with Crippen LogP contribution in [0.1, 0.15) is 30.4 Å². The van der Waals surface area contributed by atoms with Crippen molar-refractivity contribution in [1.82, 2.24) is 14.1 Å². The zero-order valence-corrected chi connectivity index (χ0v) is 19.6. The van der Waals surface area contributed by atoms with Crippen LogP contribution < -0.4 is 16.1 Å². The van der Waals surface area contributed by atoms with Crippen LogP contribution in [-0.4, -0.2) is 33.6 Å². The summed E-state index contributed by atoms with van der Waals surface area (Å²) >= 11 is 0. The minimum atomic E-state index is -3.22. The van der Waals surface area contributed by atoms with Gasteiger partial charge in [-0.2, -0.15) is 10.5 Å². The molecule has 1 fully saturated rings. The summed E-state index contributed by atoms with van der Waals surface area (Å²) in [7, 11) is 0. The number of hydrogen-bond acceptors (Lipinski definition) is 6. The first kappa shape index (κ1) is 26.5. The molecule has 2 aromatic heterocycles. The highest BCUT2D eigenvalue weighted by Crippen LogP contribution is 2.34. The summed E-state index contributed by atoms with van der Waals surface area (Å²) in [6.07, 6.45) is -3.44. The highest BCUT2D eigenvalue weighted by Gasteiger charge is 2.32. The van der Waals surface area contributed by atoms with E-state index in [0.29, 0.717) is 4.57 Å². The molecule has 0 aliphatic carbocycles. The van der Waals surface area contributed by atoms with E-state index in [1.165, 1.54) is 17.2 Å². The van der Waals surface area contributed by atoms with Gasteiger partial charge in [-0.25, -0.2) is 31.3 Å². The van der Waals surface area contributed by atoms with Gasteiger partial charge < -0.3 is 4.90 Å². The lowest BCUT2D eigenvalue weighted by molar-refractivity contribution is 0.0634. The lowest BCUT2D eigenvalue weighted by atomic mass is 9.96. The third-order valence-electron chi connectivity index (χ3n) is 6.37.